The van der Waals surface area contributed by atoms with Gasteiger partial charge in [0, 0.05) is 23.2 Å². The predicted molar refractivity (Wildman–Crippen MR) is 153 cm³/mol. The molecule has 222 valence electrons. The van der Waals surface area contributed by atoms with Gasteiger partial charge in [-0.15, -0.1) is 0 Å². The molecule has 0 aliphatic heterocycles. The maximum absolute atomic E-state index is 13.2. The van der Waals surface area contributed by atoms with Crippen molar-refractivity contribution in [1.29, 1.82) is 0 Å². The van der Waals surface area contributed by atoms with E-state index in [1.807, 2.05) is 24.3 Å². The Morgan fingerprint density at radius 1 is 0.762 bits per heavy atom. The molecule has 0 spiro atoms. The average molecular weight is 606 g/mol. The van der Waals surface area contributed by atoms with Gasteiger partial charge in [-0.1, -0.05) is 56.3 Å². The van der Waals surface area contributed by atoms with Gasteiger partial charge >= 0.3 is 11.7 Å². The van der Waals surface area contributed by atoms with Crippen LogP contribution < -0.4 is 9.64 Å². The van der Waals surface area contributed by atoms with E-state index in [1.165, 1.54) is 30.3 Å². The molecule has 4 aromatic rings. The first-order chi connectivity index (χ1) is 19.8. The molecule has 0 heterocycles. The molecule has 1 atom stereocenters. The van der Waals surface area contributed by atoms with E-state index in [0.29, 0.717) is 28.3 Å². The number of rotatable bonds is 10. The largest absolute Gasteiger partial charge is 0.457 e. The molecule has 4 rings (SSSR count). The van der Waals surface area contributed by atoms with Crippen molar-refractivity contribution < 1.29 is 36.2 Å². The van der Waals surface area contributed by atoms with E-state index in [9.17, 15) is 31.4 Å². The molecule has 1 unspecified atom stereocenters. The van der Waals surface area contributed by atoms with E-state index in [4.69, 9.17) is 4.74 Å². The number of aliphatic hydroxyl groups excluding tert-OH is 1. The zero-order chi connectivity index (χ0) is 30.5. The molecule has 0 saturated heterocycles. The van der Waals surface area contributed by atoms with Crippen LogP contribution in [-0.2, 0) is 12.7 Å². The van der Waals surface area contributed by atoms with Gasteiger partial charge in [0.1, 0.15) is 11.5 Å². The van der Waals surface area contributed by atoms with Crippen molar-refractivity contribution >= 4 is 17.4 Å². The quantitative estimate of drug-likeness (QED) is 0.144. The van der Waals surface area contributed by atoms with Crippen LogP contribution in [0.15, 0.2) is 102 Å². The summed E-state index contributed by atoms with van der Waals surface area (Å²) >= 11 is -0.235. The summed E-state index contributed by atoms with van der Waals surface area (Å²) in [5, 5.41) is 10.5. The molecule has 1 N–H and O–H groups in total. The Hall–Kier alpha value is -3.63. The standard InChI is InChI=1S/C32H29F6NO2S/c1-21(2)24-7-4-9-27(17-24)41-28-10-5-8-26(18-28)39(19-22-6-3-11-29(16-22)42-32(36,37)38)30(20-40)23-12-14-25(15-13-23)31(33,34)35/h3-18,21,30,40H,19-20H2,1-2H3. The summed E-state index contributed by atoms with van der Waals surface area (Å²) < 4.78 is 84.8. The second kappa shape index (κ2) is 13.1. The maximum Gasteiger partial charge on any atom is 0.446 e. The molecule has 0 amide bonds. The lowest BCUT2D eigenvalue weighted by Gasteiger charge is -2.33. The molecule has 0 radical (unpaired) electrons. The van der Waals surface area contributed by atoms with Gasteiger partial charge in [-0.05, 0) is 82.9 Å². The van der Waals surface area contributed by atoms with E-state index < -0.39 is 29.9 Å². The van der Waals surface area contributed by atoms with E-state index in [2.05, 4.69) is 13.8 Å². The lowest BCUT2D eigenvalue weighted by Crippen LogP contribution is -2.31. The number of alkyl halides is 6. The fourth-order valence-electron chi connectivity index (χ4n) is 4.50. The minimum Gasteiger partial charge on any atom is -0.457 e. The number of ether oxygens (including phenoxy) is 1. The maximum atomic E-state index is 13.2. The van der Waals surface area contributed by atoms with Crippen LogP contribution in [0.3, 0.4) is 0 Å². The lowest BCUT2D eigenvalue weighted by molar-refractivity contribution is -0.137. The van der Waals surface area contributed by atoms with Crippen molar-refractivity contribution in [2.24, 2.45) is 0 Å². The van der Waals surface area contributed by atoms with Gasteiger partial charge in [-0.3, -0.25) is 0 Å². The van der Waals surface area contributed by atoms with Gasteiger partial charge in [0.15, 0.2) is 0 Å². The van der Waals surface area contributed by atoms with Gasteiger partial charge in [0.25, 0.3) is 0 Å². The Bertz CT molecular complexity index is 1470. The van der Waals surface area contributed by atoms with E-state index in [1.54, 1.807) is 35.2 Å². The Balaban J connectivity index is 1.72. The van der Waals surface area contributed by atoms with Crippen molar-refractivity contribution in [2.45, 2.75) is 48.9 Å². The molecule has 0 aromatic heterocycles. The molecule has 10 heteroatoms. The van der Waals surface area contributed by atoms with Crippen LogP contribution in [0, 0.1) is 0 Å². The lowest BCUT2D eigenvalue weighted by atomic mass is 10.0. The van der Waals surface area contributed by atoms with Crippen molar-refractivity contribution in [1.82, 2.24) is 0 Å². The summed E-state index contributed by atoms with van der Waals surface area (Å²) in [6.45, 7) is 3.72. The van der Waals surface area contributed by atoms with Crippen molar-refractivity contribution in [3.63, 3.8) is 0 Å². The second-order valence-corrected chi connectivity index (χ2v) is 11.1. The topological polar surface area (TPSA) is 32.7 Å². The van der Waals surface area contributed by atoms with E-state index in [-0.39, 0.29) is 29.1 Å². The zero-order valence-corrected chi connectivity index (χ0v) is 23.6. The summed E-state index contributed by atoms with van der Waals surface area (Å²) in [4.78, 5) is 1.73. The van der Waals surface area contributed by atoms with Gasteiger partial charge in [0.2, 0.25) is 0 Å². The van der Waals surface area contributed by atoms with Crippen molar-refractivity contribution in [3.8, 4) is 11.5 Å². The van der Waals surface area contributed by atoms with Crippen LogP contribution >= 0.6 is 11.8 Å². The Kier molecular flexibility index (Phi) is 9.78. The van der Waals surface area contributed by atoms with Crippen LogP contribution in [0.4, 0.5) is 32.0 Å². The molecule has 0 aliphatic rings. The molecular formula is C32H29F6NO2S. The molecule has 42 heavy (non-hydrogen) atoms. The van der Waals surface area contributed by atoms with Crippen LogP contribution in [0.5, 0.6) is 11.5 Å². The first kappa shape index (κ1) is 31.3. The van der Waals surface area contributed by atoms with E-state index in [0.717, 1.165) is 17.7 Å². The Labute approximate surface area is 244 Å². The Morgan fingerprint density at radius 3 is 2.02 bits per heavy atom. The highest BCUT2D eigenvalue weighted by molar-refractivity contribution is 8.00. The summed E-state index contributed by atoms with van der Waals surface area (Å²) in [5.41, 5.74) is -2.73. The highest BCUT2D eigenvalue weighted by Crippen LogP contribution is 2.39. The number of hydrogen-bond donors (Lipinski definition) is 1. The van der Waals surface area contributed by atoms with Crippen LogP contribution in [0.25, 0.3) is 0 Å². The number of halogens is 6. The molecule has 0 fully saturated rings. The first-order valence-electron chi connectivity index (χ1n) is 13.1. The number of benzene rings is 4. The first-order valence-corrected chi connectivity index (χ1v) is 13.9. The number of nitrogens with zero attached hydrogens (tertiary/aromatic N) is 1. The SMILES string of the molecule is CC(C)c1cccc(Oc2cccc(N(Cc3cccc(SC(F)(F)F)c3)C(CO)c3ccc(C(F)(F)F)cc3)c2)c1. The minimum atomic E-state index is -4.53. The highest BCUT2D eigenvalue weighted by Gasteiger charge is 2.31. The monoisotopic (exact) mass is 605 g/mol. The van der Waals surface area contributed by atoms with Crippen LogP contribution in [-0.4, -0.2) is 17.2 Å². The fourth-order valence-corrected chi connectivity index (χ4v) is 5.12. The summed E-state index contributed by atoms with van der Waals surface area (Å²) in [7, 11) is 0. The zero-order valence-electron chi connectivity index (χ0n) is 22.8. The Morgan fingerprint density at radius 2 is 1.40 bits per heavy atom. The molecular weight excluding hydrogens is 576 g/mol. The number of aliphatic hydroxyl groups is 1. The highest BCUT2D eigenvalue weighted by atomic mass is 32.2. The molecule has 0 bridgehead atoms. The minimum absolute atomic E-state index is 0.00264. The van der Waals surface area contributed by atoms with E-state index >= 15 is 0 Å². The smallest absolute Gasteiger partial charge is 0.446 e. The molecule has 0 saturated carbocycles. The summed E-state index contributed by atoms with van der Waals surface area (Å²) in [6, 6.07) is 24.2. The molecule has 3 nitrogen and oxygen atoms in total. The van der Waals surface area contributed by atoms with Crippen molar-refractivity contribution in [3.05, 3.63) is 119 Å². The van der Waals surface area contributed by atoms with Gasteiger partial charge in [0.05, 0.1) is 18.2 Å². The fraction of sp³-hybridized carbons (Fsp3) is 0.250. The summed E-state index contributed by atoms with van der Waals surface area (Å²) in [6.07, 6.45) is -4.53. The normalized spacial score (nSPS) is 12.8. The molecule has 4 aromatic carbocycles. The number of thioether (sulfide) groups is 1. The number of hydrogen-bond acceptors (Lipinski definition) is 4. The summed E-state index contributed by atoms with van der Waals surface area (Å²) in [5.74, 6) is 1.38. The van der Waals surface area contributed by atoms with Gasteiger partial charge in [-0.25, -0.2) is 0 Å². The third-order valence-corrected chi connectivity index (χ3v) is 7.29. The van der Waals surface area contributed by atoms with Gasteiger partial charge in [-0.2, -0.15) is 26.3 Å². The van der Waals surface area contributed by atoms with Crippen LogP contribution in [0.1, 0.15) is 48.1 Å². The predicted octanol–water partition coefficient (Wildman–Crippen LogP) is 9.97. The third-order valence-electron chi connectivity index (χ3n) is 6.57. The average Bonchev–Trinajstić information content (AvgIpc) is 2.92. The second-order valence-electron chi connectivity index (χ2n) is 9.97. The van der Waals surface area contributed by atoms with Crippen molar-refractivity contribution in [2.75, 3.05) is 11.5 Å². The van der Waals surface area contributed by atoms with Gasteiger partial charge < -0.3 is 14.7 Å². The number of anilines is 1. The molecule has 0 aliphatic carbocycles. The third kappa shape index (κ3) is 8.45. The van der Waals surface area contributed by atoms with Crippen LogP contribution in [0.2, 0.25) is 0 Å².